The van der Waals surface area contributed by atoms with E-state index in [0.29, 0.717) is 24.1 Å². The fraction of sp³-hybridized carbons (Fsp3) is 0.273. The fourth-order valence-electron chi connectivity index (χ4n) is 3.20. The van der Waals surface area contributed by atoms with E-state index in [1.165, 1.54) is 11.6 Å². The number of ether oxygens (including phenoxy) is 1. The lowest BCUT2D eigenvalue weighted by molar-refractivity contribution is -0.276. The van der Waals surface area contributed by atoms with Crippen LogP contribution in [-0.2, 0) is 6.42 Å². The molecule has 1 aliphatic carbocycles. The van der Waals surface area contributed by atoms with Crippen molar-refractivity contribution < 1.29 is 31.1 Å². The van der Waals surface area contributed by atoms with E-state index in [-0.39, 0.29) is 11.1 Å². The molecule has 1 nitrogen and oxygen atoms in total. The van der Waals surface area contributed by atoms with Gasteiger partial charge in [0.25, 0.3) is 0 Å². The van der Waals surface area contributed by atoms with Gasteiger partial charge < -0.3 is 4.74 Å². The number of benzene rings is 2. The summed E-state index contributed by atoms with van der Waals surface area (Å²) in [6, 6.07) is 4.42. The highest BCUT2D eigenvalue weighted by Gasteiger charge is 2.34. The van der Waals surface area contributed by atoms with Gasteiger partial charge in [-0.05, 0) is 48.6 Å². The maximum absolute atomic E-state index is 14.8. The Bertz CT molecular complexity index is 1000. The van der Waals surface area contributed by atoms with Gasteiger partial charge in [-0.2, -0.15) is 0 Å². The Morgan fingerprint density at radius 1 is 1.00 bits per heavy atom. The lowest BCUT2D eigenvalue weighted by Gasteiger charge is -2.17. The van der Waals surface area contributed by atoms with Crippen LogP contribution >= 0.6 is 0 Å². The van der Waals surface area contributed by atoms with Crippen molar-refractivity contribution in [2.75, 3.05) is 0 Å². The predicted molar refractivity (Wildman–Crippen MR) is 96.6 cm³/mol. The molecule has 0 saturated carbocycles. The number of hydrogen-bond donors (Lipinski definition) is 0. The highest BCUT2D eigenvalue weighted by atomic mass is 19.4. The van der Waals surface area contributed by atoms with Gasteiger partial charge in [0.1, 0.15) is 5.82 Å². The second kappa shape index (κ2) is 8.24. The molecule has 0 amide bonds. The number of alkyl halides is 3. The van der Waals surface area contributed by atoms with Crippen molar-refractivity contribution in [1.29, 1.82) is 0 Å². The molecule has 0 heterocycles. The molecule has 0 atom stereocenters. The standard InChI is InChI=1S/C22H16F6O/c1-2-3-13-5-9-17-16(10-13)8-7-15(20(17)25)6-4-14-11-18(23)21(19(24)12-14)29-22(26,27)28/h7-8,10-12H,2-3,5,9H2,1H3. The smallest absolute Gasteiger partial charge is 0.399 e. The van der Waals surface area contributed by atoms with Crippen LogP contribution < -0.4 is 4.74 Å². The van der Waals surface area contributed by atoms with E-state index in [1.807, 2.05) is 6.08 Å². The summed E-state index contributed by atoms with van der Waals surface area (Å²) in [5, 5.41) is 0. The first-order valence-corrected chi connectivity index (χ1v) is 8.95. The summed E-state index contributed by atoms with van der Waals surface area (Å²) in [4.78, 5) is 0. The zero-order valence-electron chi connectivity index (χ0n) is 15.4. The van der Waals surface area contributed by atoms with Gasteiger partial charge in [-0.1, -0.05) is 42.9 Å². The topological polar surface area (TPSA) is 9.23 Å². The predicted octanol–water partition coefficient (Wildman–Crippen LogP) is 6.53. The Kier molecular flexibility index (Phi) is 5.92. The largest absolute Gasteiger partial charge is 0.573 e. The molecule has 0 radical (unpaired) electrons. The van der Waals surface area contributed by atoms with Crippen LogP contribution in [0.15, 0.2) is 29.8 Å². The van der Waals surface area contributed by atoms with Crippen LogP contribution in [0.3, 0.4) is 0 Å². The van der Waals surface area contributed by atoms with Crippen molar-refractivity contribution in [2.45, 2.75) is 39.0 Å². The molecule has 0 unspecified atom stereocenters. The minimum Gasteiger partial charge on any atom is -0.399 e. The van der Waals surface area contributed by atoms with Crippen LogP contribution in [0.5, 0.6) is 5.75 Å². The van der Waals surface area contributed by atoms with E-state index in [4.69, 9.17) is 0 Å². The fourth-order valence-corrected chi connectivity index (χ4v) is 3.20. The Morgan fingerprint density at radius 2 is 1.69 bits per heavy atom. The summed E-state index contributed by atoms with van der Waals surface area (Å²) < 4.78 is 82.2. The molecule has 152 valence electrons. The summed E-state index contributed by atoms with van der Waals surface area (Å²) in [6.07, 6.45) is -0.0127. The van der Waals surface area contributed by atoms with Gasteiger partial charge in [-0.3, -0.25) is 0 Å². The number of halogens is 6. The Labute approximate surface area is 164 Å². The van der Waals surface area contributed by atoms with Gasteiger partial charge in [0.05, 0.1) is 5.56 Å². The summed E-state index contributed by atoms with van der Waals surface area (Å²) in [7, 11) is 0. The Balaban J connectivity index is 1.89. The second-order valence-electron chi connectivity index (χ2n) is 6.61. The van der Waals surface area contributed by atoms with E-state index in [2.05, 4.69) is 23.5 Å². The maximum Gasteiger partial charge on any atom is 0.573 e. The maximum atomic E-state index is 14.8. The van der Waals surface area contributed by atoms with Crippen LogP contribution in [0.2, 0.25) is 0 Å². The molecule has 2 aromatic rings. The Hall–Kier alpha value is -2.88. The average molecular weight is 410 g/mol. The van der Waals surface area contributed by atoms with E-state index in [0.717, 1.165) is 24.8 Å². The summed E-state index contributed by atoms with van der Waals surface area (Å²) in [5.74, 6) is -0.275. The lowest BCUT2D eigenvalue weighted by atomic mass is 9.88. The molecule has 3 rings (SSSR count). The van der Waals surface area contributed by atoms with Gasteiger partial charge >= 0.3 is 6.36 Å². The van der Waals surface area contributed by atoms with Crippen LogP contribution in [0, 0.1) is 29.3 Å². The monoisotopic (exact) mass is 410 g/mol. The molecule has 0 fully saturated rings. The van der Waals surface area contributed by atoms with Crippen molar-refractivity contribution in [3.8, 4) is 17.6 Å². The number of allylic oxidation sites excluding steroid dienone is 1. The normalized spacial score (nSPS) is 13.3. The number of hydrogen-bond acceptors (Lipinski definition) is 1. The van der Waals surface area contributed by atoms with Crippen LogP contribution in [0.4, 0.5) is 26.3 Å². The molecule has 29 heavy (non-hydrogen) atoms. The van der Waals surface area contributed by atoms with Crippen LogP contribution in [-0.4, -0.2) is 6.36 Å². The van der Waals surface area contributed by atoms with Gasteiger partial charge in [-0.15, -0.1) is 13.2 Å². The summed E-state index contributed by atoms with van der Waals surface area (Å²) in [5.41, 5.74) is 2.38. The molecule has 7 heteroatoms. The highest BCUT2D eigenvalue weighted by molar-refractivity contribution is 5.62. The number of fused-ring (bicyclic) bond motifs is 1. The molecular formula is C22H16F6O. The number of rotatable bonds is 3. The van der Waals surface area contributed by atoms with Crippen molar-refractivity contribution in [3.05, 3.63) is 69.5 Å². The van der Waals surface area contributed by atoms with Gasteiger partial charge in [0.15, 0.2) is 11.6 Å². The van der Waals surface area contributed by atoms with Crippen LogP contribution in [0.1, 0.15) is 48.4 Å². The zero-order valence-corrected chi connectivity index (χ0v) is 15.4. The van der Waals surface area contributed by atoms with Crippen molar-refractivity contribution >= 4 is 6.08 Å². The molecule has 0 aliphatic heterocycles. The molecule has 0 N–H and O–H groups in total. The minimum absolute atomic E-state index is 0.0486. The lowest BCUT2D eigenvalue weighted by Crippen LogP contribution is -2.19. The zero-order chi connectivity index (χ0) is 21.2. The quantitative estimate of drug-likeness (QED) is 0.413. The first kappa shape index (κ1) is 20.8. The summed E-state index contributed by atoms with van der Waals surface area (Å²) >= 11 is 0. The molecule has 0 aromatic heterocycles. The molecule has 1 aliphatic rings. The van der Waals surface area contributed by atoms with Gasteiger partial charge in [0.2, 0.25) is 5.75 Å². The van der Waals surface area contributed by atoms with E-state index < -0.39 is 29.6 Å². The van der Waals surface area contributed by atoms with Gasteiger partial charge in [0, 0.05) is 5.56 Å². The second-order valence-corrected chi connectivity index (χ2v) is 6.61. The first-order valence-electron chi connectivity index (χ1n) is 8.95. The third-order valence-corrected chi connectivity index (χ3v) is 4.46. The van der Waals surface area contributed by atoms with E-state index in [1.54, 1.807) is 6.07 Å². The third-order valence-electron chi connectivity index (χ3n) is 4.46. The SMILES string of the molecule is CCCC1=Cc2ccc(C#Cc3cc(F)c(OC(F)(F)F)c(F)c3)c(F)c2CC1. The summed E-state index contributed by atoms with van der Waals surface area (Å²) in [6.45, 7) is 2.07. The molecule has 0 saturated heterocycles. The van der Waals surface area contributed by atoms with Crippen LogP contribution in [0.25, 0.3) is 6.08 Å². The van der Waals surface area contributed by atoms with E-state index >= 15 is 0 Å². The van der Waals surface area contributed by atoms with Crippen molar-refractivity contribution in [1.82, 2.24) is 0 Å². The highest BCUT2D eigenvalue weighted by Crippen LogP contribution is 2.31. The first-order chi connectivity index (χ1) is 13.7. The third kappa shape index (κ3) is 4.94. The van der Waals surface area contributed by atoms with Gasteiger partial charge in [-0.25, -0.2) is 13.2 Å². The van der Waals surface area contributed by atoms with Crippen molar-refractivity contribution in [2.24, 2.45) is 0 Å². The average Bonchev–Trinajstić information content (AvgIpc) is 2.64. The molecule has 2 aromatic carbocycles. The van der Waals surface area contributed by atoms with E-state index in [9.17, 15) is 26.3 Å². The molecule has 0 spiro atoms. The Morgan fingerprint density at radius 3 is 2.31 bits per heavy atom. The van der Waals surface area contributed by atoms with Crippen molar-refractivity contribution in [3.63, 3.8) is 0 Å². The molecule has 0 bridgehead atoms. The minimum atomic E-state index is -5.23. The molecular weight excluding hydrogens is 394 g/mol.